The molecule has 1 aliphatic heterocycles. The van der Waals surface area contributed by atoms with Gasteiger partial charge in [-0.1, -0.05) is 0 Å². The molecule has 0 aliphatic carbocycles. The van der Waals surface area contributed by atoms with Crippen LogP contribution in [-0.4, -0.2) is 62.2 Å². The molecule has 1 unspecified atom stereocenters. The molecule has 0 saturated carbocycles. The number of nitrogens with zero attached hydrogens (tertiary/aromatic N) is 3. The van der Waals surface area contributed by atoms with Gasteiger partial charge in [-0.05, 0) is 26.7 Å². The number of halogens is 1. The van der Waals surface area contributed by atoms with Crippen molar-refractivity contribution in [1.82, 2.24) is 9.80 Å². The van der Waals surface area contributed by atoms with Crippen LogP contribution >= 0.6 is 24.0 Å². The summed E-state index contributed by atoms with van der Waals surface area (Å²) in [6.45, 7) is 5.06. The average Bonchev–Trinajstić information content (AvgIpc) is 2.44. The standard InChI is InChI=1S/C12H25N3O.HI/c1-12(2)8-7-10(16-12)9-13-11(14(3)4)15(5)6;/h10H,7-9H2,1-6H3;1H. The van der Waals surface area contributed by atoms with Gasteiger partial charge in [-0.2, -0.15) is 0 Å². The van der Waals surface area contributed by atoms with Gasteiger partial charge in [0.1, 0.15) is 0 Å². The first kappa shape index (κ1) is 17.0. The Balaban J connectivity index is 0.00000256. The smallest absolute Gasteiger partial charge is 0.195 e. The molecule has 0 aromatic rings. The molecule has 1 rings (SSSR count). The first-order valence-corrected chi connectivity index (χ1v) is 5.89. The Morgan fingerprint density at radius 3 is 2.12 bits per heavy atom. The molecule has 0 N–H and O–H groups in total. The fourth-order valence-corrected chi connectivity index (χ4v) is 2.07. The van der Waals surface area contributed by atoms with Crippen LogP contribution in [0.2, 0.25) is 0 Å². The van der Waals surface area contributed by atoms with E-state index in [1.54, 1.807) is 0 Å². The van der Waals surface area contributed by atoms with Crippen molar-refractivity contribution in [2.45, 2.75) is 38.4 Å². The summed E-state index contributed by atoms with van der Waals surface area (Å²) < 4.78 is 5.91. The Hall–Kier alpha value is -0.0400. The molecule has 5 heteroatoms. The highest BCUT2D eigenvalue weighted by Crippen LogP contribution is 2.29. The van der Waals surface area contributed by atoms with Crippen molar-refractivity contribution in [3.05, 3.63) is 0 Å². The molecule has 4 nitrogen and oxygen atoms in total. The van der Waals surface area contributed by atoms with Crippen molar-refractivity contribution >= 4 is 29.9 Å². The molecule has 102 valence electrons. The molecule has 1 atom stereocenters. The molecule has 1 fully saturated rings. The van der Waals surface area contributed by atoms with Crippen LogP contribution in [0.4, 0.5) is 0 Å². The van der Waals surface area contributed by atoms with E-state index in [2.05, 4.69) is 18.8 Å². The van der Waals surface area contributed by atoms with Crippen LogP contribution in [0.5, 0.6) is 0 Å². The van der Waals surface area contributed by atoms with Gasteiger partial charge in [-0.3, -0.25) is 4.99 Å². The third-order valence-corrected chi connectivity index (χ3v) is 2.79. The van der Waals surface area contributed by atoms with Gasteiger partial charge in [0, 0.05) is 28.2 Å². The predicted molar refractivity (Wildman–Crippen MR) is 83.3 cm³/mol. The van der Waals surface area contributed by atoms with E-state index in [9.17, 15) is 0 Å². The molecule has 1 aliphatic rings. The second kappa shape index (κ2) is 6.78. The van der Waals surface area contributed by atoms with E-state index >= 15 is 0 Å². The molecule has 17 heavy (non-hydrogen) atoms. The molecule has 1 heterocycles. The Morgan fingerprint density at radius 1 is 1.24 bits per heavy atom. The van der Waals surface area contributed by atoms with Crippen molar-refractivity contribution in [2.75, 3.05) is 34.7 Å². The van der Waals surface area contributed by atoms with Crippen LogP contribution in [-0.2, 0) is 4.74 Å². The molecule has 0 spiro atoms. The Labute approximate surface area is 122 Å². The SMILES string of the molecule is CN(C)C(=NCC1CCC(C)(C)O1)N(C)C.I. The predicted octanol–water partition coefficient (Wildman–Crippen LogP) is 2.04. The van der Waals surface area contributed by atoms with E-state index in [0.717, 1.165) is 25.3 Å². The van der Waals surface area contributed by atoms with Crippen molar-refractivity contribution in [3.63, 3.8) is 0 Å². The fraction of sp³-hybridized carbons (Fsp3) is 0.917. The number of rotatable bonds is 2. The highest BCUT2D eigenvalue weighted by molar-refractivity contribution is 14.0. The van der Waals surface area contributed by atoms with Crippen LogP contribution in [0, 0.1) is 0 Å². The van der Waals surface area contributed by atoms with Gasteiger partial charge in [0.2, 0.25) is 0 Å². The number of guanidine groups is 1. The summed E-state index contributed by atoms with van der Waals surface area (Å²) in [5.41, 5.74) is 0.0383. The van der Waals surface area contributed by atoms with Crippen LogP contribution in [0.25, 0.3) is 0 Å². The first-order chi connectivity index (χ1) is 7.32. The van der Waals surface area contributed by atoms with E-state index in [1.807, 2.05) is 38.0 Å². The second-order valence-electron chi connectivity index (χ2n) is 5.47. The summed E-state index contributed by atoms with van der Waals surface area (Å²) in [5, 5.41) is 0. The lowest BCUT2D eigenvalue weighted by atomic mass is 10.1. The number of aliphatic imine (C=N–C) groups is 1. The molecule has 0 aromatic heterocycles. The largest absolute Gasteiger partial charge is 0.370 e. The lowest BCUT2D eigenvalue weighted by Crippen LogP contribution is -2.36. The summed E-state index contributed by atoms with van der Waals surface area (Å²) in [6, 6.07) is 0. The topological polar surface area (TPSA) is 28.1 Å². The molecule has 0 bridgehead atoms. The van der Waals surface area contributed by atoms with Gasteiger partial charge in [-0.15, -0.1) is 24.0 Å². The van der Waals surface area contributed by atoms with Gasteiger partial charge < -0.3 is 14.5 Å². The monoisotopic (exact) mass is 355 g/mol. The van der Waals surface area contributed by atoms with E-state index in [0.29, 0.717) is 0 Å². The first-order valence-electron chi connectivity index (χ1n) is 5.89. The summed E-state index contributed by atoms with van der Waals surface area (Å²) in [6.07, 6.45) is 2.53. The van der Waals surface area contributed by atoms with Crippen molar-refractivity contribution in [3.8, 4) is 0 Å². The summed E-state index contributed by atoms with van der Waals surface area (Å²) in [5.74, 6) is 0.994. The van der Waals surface area contributed by atoms with Crippen LogP contribution in [0.1, 0.15) is 26.7 Å². The summed E-state index contributed by atoms with van der Waals surface area (Å²) in [4.78, 5) is 8.67. The van der Waals surface area contributed by atoms with Gasteiger partial charge in [0.05, 0.1) is 18.2 Å². The van der Waals surface area contributed by atoms with Crippen LogP contribution in [0.3, 0.4) is 0 Å². The Kier molecular flexibility index (Phi) is 6.76. The minimum absolute atomic E-state index is 0. The molecule has 0 radical (unpaired) electrons. The molecule has 0 aromatic carbocycles. The zero-order valence-corrected chi connectivity index (χ0v) is 14.2. The zero-order valence-electron chi connectivity index (χ0n) is 11.9. The highest BCUT2D eigenvalue weighted by Gasteiger charge is 2.31. The van der Waals surface area contributed by atoms with Gasteiger partial charge >= 0.3 is 0 Å². The molecular weight excluding hydrogens is 329 g/mol. The van der Waals surface area contributed by atoms with E-state index in [1.165, 1.54) is 0 Å². The van der Waals surface area contributed by atoms with Crippen molar-refractivity contribution < 1.29 is 4.74 Å². The fourth-order valence-electron chi connectivity index (χ4n) is 2.07. The summed E-state index contributed by atoms with van der Waals surface area (Å²) >= 11 is 0. The third kappa shape index (κ3) is 5.42. The zero-order chi connectivity index (χ0) is 12.3. The maximum absolute atomic E-state index is 5.91. The third-order valence-electron chi connectivity index (χ3n) is 2.79. The van der Waals surface area contributed by atoms with Gasteiger partial charge in [-0.25, -0.2) is 0 Å². The quantitative estimate of drug-likeness (QED) is 0.431. The van der Waals surface area contributed by atoms with Crippen molar-refractivity contribution in [1.29, 1.82) is 0 Å². The van der Waals surface area contributed by atoms with Crippen molar-refractivity contribution in [2.24, 2.45) is 4.99 Å². The number of hydrogen-bond donors (Lipinski definition) is 0. The average molecular weight is 355 g/mol. The van der Waals surface area contributed by atoms with Crippen LogP contribution in [0.15, 0.2) is 4.99 Å². The molecular formula is C12H26IN3O. The minimum atomic E-state index is 0. The lowest BCUT2D eigenvalue weighted by molar-refractivity contribution is -0.0107. The maximum atomic E-state index is 5.91. The second-order valence-corrected chi connectivity index (χ2v) is 5.47. The lowest BCUT2D eigenvalue weighted by Gasteiger charge is -2.23. The van der Waals surface area contributed by atoms with Crippen LogP contribution < -0.4 is 0 Å². The van der Waals surface area contributed by atoms with Gasteiger partial charge in [0.15, 0.2) is 5.96 Å². The molecule has 1 saturated heterocycles. The minimum Gasteiger partial charge on any atom is -0.370 e. The number of ether oxygens (including phenoxy) is 1. The normalized spacial score (nSPS) is 21.6. The Morgan fingerprint density at radius 2 is 1.76 bits per heavy atom. The van der Waals surface area contributed by atoms with E-state index in [-0.39, 0.29) is 35.7 Å². The van der Waals surface area contributed by atoms with E-state index < -0.39 is 0 Å². The van der Waals surface area contributed by atoms with Gasteiger partial charge in [0.25, 0.3) is 0 Å². The highest BCUT2D eigenvalue weighted by atomic mass is 127. The maximum Gasteiger partial charge on any atom is 0.195 e. The van der Waals surface area contributed by atoms with E-state index in [4.69, 9.17) is 4.74 Å². The Bertz CT molecular complexity index is 254. The summed E-state index contributed by atoms with van der Waals surface area (Å²) in [7, 11) is 8.05. The number of hydrogen-bond acceptors (Lipinski definition) is 2. The molecule has 0 amide bonds.